The largest absolute Gasteiger partial charge is 0.418 e. The van der Waals surface area contributed by atoms with Gasteiger partial charge in [0.15, 0.2) is 0 Å². The Kier molecular flexibility index (Phi) is 5.69. The molecule has 0 unspecified atom stereocenters. The fourth-order valence-electron chi connectivity index (χ4n) is 3.05. The molecule has 152 valence electrons. The molecule has 1 aromatic carbocycles. The number of likely N-dealkylation sites (N-methyl/N-ethyl adjacent to an activating group) is 1. The maximum absolute atomic E-state index is 13.0. The Morgan fingerprint density at radius 3 is 2.62 bits per heavy atom. The summed E-state index contributed by atoms with van der Waals surface area (Å²) in [6.45, 7) is 1.82. The summed E-state index contributed by atoms with van der Waals surface area (Å²) in [7, 11) is 1.62. The summed E-state index contributed by atoms with van der Waals surface area (Å²) in [4.78, 5) is 30.5. The van der Waals surface area contributed by atoms with E-state index in [1.165, 1.54) is 28.7 Å². The molecule has 6 nitrogen and oxygen atoms in total. The van der Waals surface area contributed by atoms with Crippen LogP contribution in [0.4, 0.5) is 18.9 Å². The first-order chi connectivity index (χ1) is 13.6. The van der Waals surface area contributed by atoms with Crippen molar-refractivity contribution in [3.63, 3.8) is 0 Å². The number of anilines is 1. The van der Waals surface area contributed by atoms with E-state index in [1.807, 2.05) is 0 Å². The molecule has 2 heterocycles. The molecule has 29 heavy (non-hydrogen) atoms. The number of amides is 1. The Bertz CT molecular complexity index is 1110. The van der Waals surface area contributed by atoms with E-state index in [0.717, 1.165) is 11.8 Å². The highest BCUT2D eigenvalue weighted by Crippen LogP contribution is 2.34. The number of fused-ring (bicyclic) bond motifs is 1. The van der Waals surface area contributed by atoms with Gasteiger partial charge in [0.05, 0.1) is 23.5 Å². The van der Waals surface area contributed by atoms with Gasteiger partial charge in [0, 0.05) is 18.3 Å². The van der Waals surface area contributed by atoms with E-state index in [9.17, 15) is 22.8 Å². The lowest BCUT2D eigenvalue weighted by atomic mass is 10.1. The van der Waals surface area contributed by atoms with Crippen molar-refractivity contribution in [2.45, 2.75) is 19.6 Å². The van der Waals surface area contributed by atoms with Gasteiger partial charge in [0.2, 0.25) is 5.91 Å². The SMILES string of the molecule is Cc1cccc2nc(CN(C)CC(=O)Nc3ccccc3C(F)(F)F)cc(=O)n12. The van der Waals surface area contributed by atoms with Gasteiger partial charge in [-0.2, -0.15) is 13.2 Å². The number of carbonyl (C=O) groups is 1. The Hall–Kier alpha value is -3.20. The molecule has 0 saturated heterocycles. The first-order valence-electron chi connectivity index (χ1n) is 8.78. The molecule has 0 fully saturated rings. The van der Waals surface area contributed by atoms with Gasteiger partial charge in [-0.25, -0.2) is 4.98 Å². The number of alkyl halides is 3. The Labute approximate surface area is 164 Å². The van der Waals surface area contributed by atoms with Crippen molar-refractivity contribution in [1.29, 1.82) is 0 Å². The van der Waals surface area contributed by atoms with E-state index in [-0.39, 0.29) is 24.3 Å². The number of aromatic nitrogens is 2. The van der Waals surface area contributed by atoms with Crippen LogP contribution in [0.1, 0.15) is 17.0 Å². The molecule has 0 saturated carbocycles. The highest BCUT2D eigenvalue weighted by molar-refractivity contribution is 5.93. The molecule has 0 bridgehead atoms. The average molecular weight is 404 g/mol. The number of halogens is 3. The summed E-state index contributed by atoms with van der Waals surface area (Å²) in [6.07, 6.45) is -4.56. The minimum atomic E-state index is -4.56. The number of nitrogens with zero attached hydrogens (tertiary/aromatic N) is 3. The second kappa shape index (κ2) is 8.04. The zero-order chi connectivity index (χ0) is 21.2. The van der Waals surface area contributed by atoms with Gasteiger partial charge in [-0.15, -0.1) is 0 Å². The summed E-state index contributed by atoms with van der Waals surface area (Å²) in [6, 6.07) is 11.5. The third kappa shape index (κ3) is 4.80. The van der Waals surface area contributed by atoms with Gasteiger partial charge in [-0.1, -0.05) is 18.2 Å². The van der Waals surface area contributed by atoms with Crippen LogP contribution in [0.15, 0.2) is 53.3 Å². The minimum absolute atomic E-state index is 0.166. The standard InChI is InChI=1S/C20H19F3N4O2/c1-13-6-5-9-17-24-14(10-19(29)27(13)17)11-26(2)12-18(28)25-16-8-4-3-7-15(16)20(21,22)23/h3-10H,11-12H2,1-2H3,(H,25,28). The molecular weight excluding hydrogens is 385 g/mol. The van der Waals surface area contributed by atoms with Crippen LogP contribution in [-0.4, -0.2) is 33.8 Å². The maximum Gasteiger partial charge on any atom is 0.418 e. The maximum atomic E-state index is 13.0. The van der Waals surface area contributed by atoms with Gasteiger partial charge in [0.25, 0.3) is 5.56 Å². The molecule has 3 rings (SSSR count). The number of benzene rings is 1. The van der Waals surface area contributed by atoms with Gasteiger partial charge < -0.3 is 5.32 Å². The van der Waals surface area contributed by atoms with Gasteiger partial charge in [-0.3, -0.25) is 18.9 Å². The molecule has 0 aliphatic rings. The van der Waals surface area contributed by atoms with Gasteiger partial charge in [-0.05, 0) is 38.2 Å². The summed E-state index contributed by atoms with van der Waals surface area (Å²) < 4.78 is 40.6. The predicted octanol–water partition coefficient (Wildman–Crippen LogP) is 3.09. The summed E-state index contributed by atoms with van der Waals surface area (Å²) in [5.74, 6) is -0.599. The van der Waals surface area contributed by atoms with Crippen LogP contribution < -0.4 is 10.9 Å². The molecule has 0 aliphatic heterocycles. The minimum Gasteiger partial charge on any atom is -0.324 e. The van der Waals surface area contributed by atoms with Crippen molar-refractivity contribution >= 4 is 17.2 Å². The van der Waals surface area contributed by atoms with Crippen LogP contribution >= 0.6 is 0 Å². The molecule has 9 heteroatoms. The van der Waals surface area contributed by atoms with Crippen LogP contribution in [0, 0.1) is 6.92 Å². The Morgan fingerprint density at radius 1 is 1.17 bits per heavy atom. The fraction of sp³-hybridized carbons (Fsp3) is 0.250. The van der Waals surface area contributed by atoms with Crippen molar-refractivity contribution < 1.29 is 18.0 Å². The van der Waals surface area contributed by atoms with Crippen molar-refractivity contribution in [2.75, 3.05) is 18.9 Å². The monoisotopic (exact) mass is 404 g/mol. The number of hydrogen-bond donors (Lipinski definition) is 1. The van der Waals surface area contributed by atoms with E-state index < -0.39 is 17.6 Å². The lowest BCUT2D eigenvalue weighted by molar-refractivity contribution is -0.137. The zero-order valence-corrected chi connectivity index (χ0v) is 15.8. The smallest absolute Gasteiger partial charge is 0.324 e. The van der Waals surface area contributed by atoms with Crippen LogP contribution in [-0.2, 0) is 17.5 Å². The second-order valence-corrected chi connectivity index (χ2v) is 6.71. The number of aryl methyl sites for hydroxylation is 1. The lowest BCUT2D eigenvalue weighted by Gasteiger charge is -2.18. The first kappa shape index (κ1) is 20.5. The van der Waals surface area contributed by atoms with Crippen LogP contribution in [0.3, 0.4) is 0 Å². The topological polar surface area (TPSA) is 66.7 Å². The molecule has 0 spiro atoms. The highest BCUT2D eigenvalue weighted by atomic mass is 19.4. The first-order valence-corrected chi connectivity index (χ1v) is 8.78. The van der Waals surface area contributed by atoms with Crippen molar-refractivity contribution in [3.05, 3.63) is 75.8 Å². The van der Waals surface area contributed by atoms with E-state index in [4.69, 9.17) is 0 Å². The van der Waals surface area contributed by atoms with Crippen molar-refractivity contribution in [1.82, 2.24) is 14.3 Å². The molecule has 0 radical (unpaired) electrons. The number of para-hydroxylation sites is 1. The van der Waals surface area contributed by atoms with E-state index >= 15 is 0 Å². The van der Waals surface area contributed by atoms with Crippen molar-refractivity contribution in [3.8, 4) is 0 Å². The number of hydrogen-bond acceptors (Lipinski definition) is 4. The number of carbonyl (C=O) groups excluding carboxylic acids is 1. The summed E-state index contributed by atoms with van der Waals surface area (Å²) >= 11 is 0. The fourth-order valence-corrected chi connectivity index (χ4v) is 3.05. The Morgan fingerprint density at radius 2 is 1.90 bits per heavy atom. The number of rotatable bonds is 5. The molecule has 0 aliphatic carbocycles. The number of pyridine rings is 1. The van der Waals surface area contributed by atoms with E-state index in [0.29, 0.717) is 11.3 Å². The van der Waals surface area contributed by atoms with E-state index in [2.05, 4.69) is 10.3 Å². The number of nitrogens with one attached hydrogen (secondary N) is 1. The zero-order valence-electron chi connectivity index (χ0n) is 15.8. The quantitative estimate of drug-likeness (QED) is 0.710. The third-order valence-corrected chi connectivity index (χ3v) is 4.29. The molecule has 0 atom stereocenters. The molecular formula is C20H19F3N4O2. The van der Waals surface area contributed by atoms with Crippen LogP contribution in [0.25, 0.3) is 5.65 Å². The van der Waals surface area contributed by atoms with Gasteiger partial charge >= 0.3 is 6.18 Å². The normalized spacial score (nSPS) is 11.8. The molecule has 2 aromatic heterocycles. The Balaban J connectivity index is 1.70. The second-order valence-electron chi connectivity index (χ2n) is 6.71. The van der Waals surface area contributed by atoms with Crippen molar-refractivity contribution in [2.24, 2.45) is 0 Å². The van der Waals surface area contributed by atoms with Gasteiger partial charge in [0.1, 0.15) is 5.65 Å². The van der Waals surface area contributed by atoms with Crippen LogP contribution in [0.2, 0.25) is 0 Å². The molecule has 1 N–H and O–H groups in total. The average Bonchev–Trinajstić information content (AvgIpc) is 2.60. The summed E-state index contributed by atoms with van der Waals surface area (Å²) in [5, 5.41) is 2.30. The van der Waals surface area contributed by atoms with Crippen LogP contribution in [0.5, 0.6) is 0 Å². The molecule has 3 aromatic rings. The summed E-state index contributed by atoms with van der Waals surface area (Å²) in [5.41, 5.74) is 0.269. The lowest BCUT2D eigenvalue weighted by Crippen LogP contribution is -2.31. The molecule has 1 amide bonds. The highest BCUT2D eigenvalue weighted by Gasteiger charge is 2.33. The van der Waals surface area contributed by atoms with E-state index in [1.54, 1.807) is 37.1 Å². The third-order valence-electron chi connectivity index (χ3n) is 4.29. The predicted molar refractivity (Wildman–Crippen MR) is 103 cm³/mol.